The molecule has 1 aromatic carbocycles. The minimum Gasteiger partial charge on any atom is -0.350 e. The van der Waals surface area contributed by atoms with E-state index in [0.29, 0.717) is 17.0 Å². The molecule has 0 aliphatic rings. The first kappa shape index (κ1) is 13.1. The largest absolute Gasteiger partial charge is 0.350 e. The van der Waals surface area contributed by atoms with Crippen LogP contribution in [0.1, 0.15) is 24.2 Å². The standard InChI is InChI=1S/C14H14FN3O/c1-9(2)18-14(19)11-7-16-13(17-8-11)10-3-5-12(15)6-4-10/h3-9H,1-2H3,(H,18,19). The summed E-state index contributed by atoms with van der Waals surface area (Å²) in [6.45, 7) is 3.76. The van der Waals surface area contributed by atoms with E-state index >= 15 is 0 Å². The van der Waals surface area contributed by atoms with E-state index in [9.17, 15) is 9.18 Å². The van der Waals surface area contributed by atoms with Crippen molar-refractivity contribution in [2.24, 2.45) is 0 Å². The lowest BCUT2D eigenvalue weighted by molar-refractivity contribution is 0.0942. The predicted molar refractivity (Wildman–Crippen MR) is 70.0 cm³/mol. The summed E-state index contributed by atoms with van der Waals surface area (Å²) in [6, 6.07) is 5.94. The molecule has 0 bridgehead atoms. The average molecular weight is 259 g/mol. The maximum Gasteiger partial charge on any atom is 0.254 e. The number of carbonyl (C=O) groups excluding carboxylic acids is 1. The predicted octanol–water partition coefficient (Wildman–Crippen LogP) is 2.42. The molecule has 1 aromatic heterocycles. The third-order valence-electron chi connectivity index (χ3n) is 2.44. The molecular formula is C14H14FN3O. The zero-order chi connectivity index (χ0) is 13.8. The quantitative estimate of drug-likeness (QED) is 0.921. The van der Waals surface area contributed by atoms with Crippen LogP contribution in [0.5, 0.6) is 0 Å². The highest BCUT2D eigenvalue weighted by molar-refractivity contribution is 5.93. The fourth-order valence-corrected chi connectivity index (χ4v) is 1.54. The van der Waals surface area contributed by atoms with Gasteiger partial charge in [-0.3, -0.25) is 4.79 Å². The number of nitrogens with one attached hydrogen (secondary N) is 1. The van der Waals surface area contributed by atoms with Gasteiger partial charge in [-0.15, -0.1) is 0 Å². The highest BCUT2D eigenvalue weighted by Crippen LogP contribution is 2.14. The fourth-order valence-electron chi connectivity index (χ4n) is 1.54. The molecule has 0 spiro atoms. The van der Waals surface area contributed by atoms with Gasteiger partial charge >= 0.3 is 0 Å². The summed E-state index contributed by atoms with van der Waals surface area (Å²) in [4.78, 5) is 19.9. The number of amides is 1. The molecule has 0 atom stereocenters. The lowest BCUT2D eigenvalue weighted by Gasteiger charge is -2.07. The van der Waals surface area contributed by atoms with Gasteiger partial charge in [-0.25, -0.2) is 14.4 Å². The van der Waals surface area contributed by atoms with Crippen LogP contribution in [0.25, 0.3) is 11.4 Å². The van der Waals surface area contributed by atoms with E-state index in [0.717, 1.165) is 0 Å². The normalized spacial score (nSPS) is 10.5. The monoisotopic (exact) mass is 259 g/mol. The minimum absolute atomic E-state index is 0.0595. The van der Waals surface area contributed by atoms with Crippen molar-refractivity contribution in [2.75, 3.05) is 0 Å². The second-order valence-corrected chi connectivity index (χ2v) is 4.43. The Hall–Kier alpha value is -2.30. The molecule has 0 saturated carbocycles. The molecule has 0 radical (unpaired) electrons. The molecule has 0 aliphatic heterocycles. The molecule has 0 aliphatic carbocycles. The first-order chi connectivity index (χ1) is 9.06. The van der Waals surface area contributed by atoms with E-state index in [1.165, 1.54) is 24.5 Å². The number of hydrogen-bond donors (Lipinski definition) is 1. The summed E-state index contributed by atoms with van der Waals surface area (Å²) in [5.74, 6) is -0.0570. The van der Waals surface area contributed by atoms with Crippen molar-refractivity contribution >= 4 is 5.91 Å². The van der Waals surface area contributed by atoms with Crippen molar-refractivity contribution in [3.05, 3.63) is 48.0 Å². The van der Waals surface area contributed by atoms with E-state index in [2.05, 4.69) is 15.3 Å². The van der Waals surface area contributed by atoms with E-state index in [-0.39, 0.29) is 17.8 Å². The van der Waals surface area contributed by atoms with Gasteiger partial charge in [-0.05, 0) is 38.1 Å². The van der Waals surface area contributed by atoms with Crippen LogP contribution >= 0.6 is 0 Å². The van der Waals surface area contributed by atoms with E-state index < -0.39 is 0 Å². The summed E-state index contributed by atoms with van der Waals surface area (Å²) in [5, 5.41) is 2.76. The Labute approximate surface area is 110 Å². The van der Waals surface area contributed by atoms with Crippen molar-refractivity contribution in [1.82, 2.24) is 15.3 Å². The van der Waals surface area contributed by atoms with Gasteiger partial charge in [-0.2, -0.15) is 0 Å². The number of aromatic nitrogens is 2. The van der Waals surface area contributed by atoms with E-state index in [4.69, 9.17) is 0 Å². The Morgan fingerprint density at radius 3 is 2.26 bits per heavy atom. The van der Waals surface area contributed by atoms with Gasteiger partial charge < -0.3 is 5.32 Å². The van der Waals surface area contributed by atoms with Gasteiger partial charge in [0.25, 0.3) is 5.91 Å². The molecule has 1 heterocycles. The molecule has 19 heavy (non-hydrogen) atoms. The van der Waals surface area contributed by atoms with Crippen LogP contribution in [0.15, 0.2) is 36.7 Å². The lowest BCUT2D eigenvalue weighted by atomic mass is 10.2. The van der Waals surface area contributed by atoms with Crippen molar-refractivity contribution in [1.29, 1.82) is 0 Å². The molecule has 98 valence electrons. The maximum absolute atomic E-state index is 12.8. The number of hydrogen-bond acceptors (Lipinski definition) is 3. The summed E-state index contributed by atoms with van der Waals surface area (Å²) >= 11 is 0. The maximum atomic E-state index is 12.8. The molecule has 2 aromatic rings. The van der Waals surface area contributed by atoms with Crippen LogP contribution in [0.3, 0.4) is 0 Å². The lowest BCUT2D eigenvalue weighted by Crippen LogP contribution is -2.30. The first-order valence-corrected chi connectivity index (χ1v) is 5.95. The topological polar surface area (TPSA) is 54.9 Å². The van der Waals surface area contributed by atoms with Crippen LogP contribution in [0, 0.1) is 5.82 Å². The Balaban J connectivity index is 2.18. The van der Waals surface area contributed by atoms with Gasteiger partial charge in [0.15, 0.2) is 5.82 Å². The molecule has 0 unspecified atom stereocenters. The third-order valence-corrected chi connectivity index (χ3v) is 2.44. The molecule has 2 rings (SSSR count). The Bertz CT molecular complexity index is 564. The summed E-state index contributed by atoms with van der Waals surface area (Å²) in [6.07, 6.45) is 2.92. The summed E-state index contributed by atoms with van der Waals surface area (Å²) in [5.41, 5.74) is 1.11. The van der Waals surface area contributed by atoms with Crippen molar-refractivity contribution in [3.8, 4) is 11.4 Å². The highest BCUT2D eigenvalue weighted by atomic mass is 19.1. The molecule has 0 fully saturated rings. The van der Waals surface area contributed by atoms with Gasteiger partial charge in [0.2, 0.25) is 0 Å². The van der Waals surface area contributed by atoms with Gasteiger partial charge in [-0.1, -0.05) is 0 Å². The molecule has 0 saturated heterocycles. The zero-order valence-corrected chi connectivity index (χ0v) is 10.7. The van der Waals surface area contributed by atoms with E-state index in [1.807, 2.05) is 13.8 Å². The number of halogens is 1. The number of benzene rings is 1. The van der Waals surface area contributed by atoms with Gasteiger partial charge in [0.1, 0.15) is 5.82 Å². The van der Waals surface area contributed by atoms with Crippen molar-refractivity contribution in [3.63, 3.8) is 0 Å². The molecule has 1 N–H and O–H groups in total. The number of nitrogens with zero attached hydrogens (tertiary/aromatic N) is 2. The Morgan fingerprint density at radius 2 is 1.74 bits per heavy atom. The van der Waals surface area contributed by atoms with Crippen LogP contribution in [0.2, 0.25) is 0 Å². The fraction of sp³-hybridized carbons (Fsp3) is 0.214. The Kier molecular flexibility index (Phi) is 3.85. The zero-order valence-electron chi connectivity index (χ0n) is 10.7. The smallest absolute Gasteiger partial charge is 0.254 e. The van der Waals surface area contributed by atoms with Gasteiger partial charge in [0.05, 0.1) is 5.56 Å². The van der Waals surface area contributed by atoms with Crippen LogP contribution in [0.4, 0.5) is 4.39 Å². The van der Waals surface area contributed by atoms with Crippen LogP contribution in [-0.2, 0) is 0 Å². The van der Waals surface area contributed by atoms with E-state index in [1.54, 1.807) is 12.1 Å². The highest BCUT2D eigenvalue weighted by Gasteiger charge is 2.08. The summed E-state index contributed by atoms with van der Waals surface area (Å²) < 4.78 is 12.8. The third kappa shape index (κ3) is 3.34. The molecule has 1 amide bonds. The van der Waals surface area contributed by atoms with Gasteiger partial charge in [0, 0.05) is 24.0 Å². The Morgan fingerprint density at radius 1 is 1.16 bits per heavy atom. The van der Waals surface area contributed by atoms with Crippen LogP contribution < -0.4 is 5.32 Å². The first-order valence-electron chi connectivity index (χ1n) is 5.95. The van der Waals surface area contributed by atoms with Crippen molar-refractivity contribution in [2.45, 2.75) is 19.9 Å². The van der Waals surface area contributed by atoms with Crippen LogP contribution in [-0.4, -0.2) is 21.9 Å². The minimum atomic E-state index is -0.309. The second kappa shape index (κ2) is 5.56. The molecular weight excluding hydrogens is 245 g/mol. The number of rotatable bonds is 3. The summed E-state index contributed by atoms with van der Waals surface area (Å²) in [7, 11) is 0. The van der Waals surface area contributed by atoms with Crippen molar-refractivity contribution < 1.29 is 9.18 Å². The number of carbonyl (C=O) groups is 1. The SMILES string of the molecule is CC(C)NC(=O)c1cnc(-c2ccc(F)cc2)nc1. The molecule has 4 nitrogen and oxygen atoms in total. The average Bonchev–Trinajstić information content (AvgIpc) is 2.39. The second-order valence-electron chi connectivity index (χ2n) is 4.43. The molecule has 5 heteroatoms.